The second-order valence-electron chi connectivity index (χ2n) is 5.04. The fourth-order valence-electron chi connectivity index (χ4n) is 2.45. The average molecular weight is 289 g/mol. The predicted molar refractivity (Wildman–Crippen MR) is 79.8 cm³/mol. The molecule has 1 aromatic heterocycles. The van der Waals surface area contributed by atoms with Crippen molar-refractivity contribution < 1.29 is 14.7 Å². The number of nitrogens with two attached hydrogens (primary N) is 2. The van der Waals surface area contributed by atoms with Crippen molar-refractivity contribution in [3.05, 3.63) is 36.0 Å². The van der Waals surface area contributed by atoms with Gasteiger partial charge in [0.2, 0.25) is 0 Å². The van der Waals surface area contributed by atoms with Gasteiger partial charge in [-0.05, 0) is 31.0 Å². The van der Waals surface area contributed by atoms with Crippen LogP contribution in [-0.2, 0) is 16.0 Å². The van der Waals surface area contributed by atoms with Crippen LogP contribution < -0.4 is 11.5 Å². The molecule has 0 fully saturated rings. The molecular weight excluding hydrogens is 270 g/mol. The molecule has 1 unspecified atom stereocenters. The normalized spacial score (nSPS) is 14.0. The minimum atomic E-state index is -1.17. The Morgan fingerprint density at radius 2 is 2.00 bits per heavy atom. The number of aromatic nitrogens is 1. The first kappa shape index (κ1) is 15.2. The molecule has 1 aromatic carbocycles. The molecule has 6 nitrogen and oxygen atoms in total. The van der Waals surface area contributed by atoms with Crippen LogP contribution >= 0.6 is 0 Å². The van der Waals surface area contributed by atoms with Crippen molar-refractivity contribution in [1.82, 2.24) is 4.98 Å². The molecule has 21 heavy (non-hydrogen) atoms. The number of H-pyrrole nitrogens is 1. The fraction of sp³-hybridized carbons (Fsp3) is 0.333. The first-order valence-corrected chi connectivity index (χ1v) is 6.81. The number of carboxylic acid groups (broad SMARTS) is 1. The minimum Gasteiger partial charge on any atom is -0.481 e. The Morgan fingerprint density at radius 1 is 1.29 bits per heavy atom. The number of aromatic amines is 1. The number of para-hydroxylation sites is 1. The third-order valence-corrected chi connectivity index (χ3v) is 3.58. The zero-order chi connectivity index (χ0) is 15.4. The van der Waals surface area contributed by atoms with Crippen molar-refractivity contribution in [3.8, 4) is 0 Å². The van der Waals surface area contributed by atoms with E-state index in [1.807, 2.05) is 24.3 Å². The molecule has 112 valence electrons. The monoisotopic (exact) mass is 289 g/mol. The van der Waals surface area contributed by atoms with E-state index in [0.717, 1.165) is 16.5 Å². The second-order valence-corrected chi connectivity index (χ2v) is 5.04. The molecule has 0 radical (unpaired) electrons. The molecule has 2 aromatic rings. The number of ketones is 1. The molecule has 0 aliphatic carbocycles. The van der Waals surface area contributed by atoms with Crippen LogP contribution in [0.1, 0.15) is 12.0 Å². The summed E-state index contributed by atoms with van der Waals surface area (Å²) in [5.41, 5.74) is 13.1. The van der Waals surface area contributed by atoms with E-state index in [1.54, 1.807) is 6.20 Å². The molecule has 2 atom stereocenters. The maximum absolute atomic E-state index is 12.2. The lowest BCUT2D eigenvalue weighted by molar-refractivity contribution is -0.146. The summed E-state index contributed by atoms with van der Waals surface area (Å²) in [6.07, 6.45) is 2.21. The van der Waals surface area contributed by atoms with Crippen LogP contribution in [0.4, 0.5) is 0 Å². The SMILES string of the molecule is NCCC(C(=O)O)C(=O)[C@@H](N)Cc1c[nH]c2ccccc12. The molecule has 0 saturated carbocycles. The maximum atomic E-state index is 12.2. The highest BCUT2D eigenvalue weighted by Gasteiger charge is 2.30. The summed E-state index contributed by atoms with van der Waals surface area (Å²) < 4.78 is 0. The molecule has 6 heteroatoms. The van der Waals surface area contributed by atoms with E-state index in [1.165, 1.54) is 0 Å². The number of carbonyl (C=O) groups excluding carboxylic acids is 1. The average Bonchev–Trinajstić information content (AvgIpc) is 2.87. The molecule has 2 rings (SSSR count). The van der Waals surface area contributed by atoms with Gasteiger partial charge in [-0.1, -0.05) is 18.2 Å². The minimum absolute atomic E-state index is 0.107. The van der Waals surface area contributed by atoms with Gasteiger partial charge in [0.15, 0.2) is 5.78 Å². The van der Waals surface area contributed by atoms with Crippen LogP contribution in [0.3, 0.4) is 0 Å². The Labute approximate surface area is 122 Å². The molecular formula is C15H19N3O3. The summed E-state index contributed by atoms with van der Waals surface area (Å²) in [7, 11) is 0. The summed E-state index contributed by atoms with van der Waals surface area (Å²) in [5, 5.41) is 10.1. The van der Waals surface area contributed by atoms with Crippen molar-refractivity contribution in [2.45, 2.75) is 18.9 Å². The van der Waals surface area contributed by atoms with Crippen LogP contribution in [0.15, 0.2) is 30.5 Å². The Hall–Kier alpha value is -2.18. The number of benzene rings is 1. The van der Waals surface area contributed by atoms with Gasteiger partial charge >= 0.3 is 5.97 Å². The maximum Gasteiger partial charge on any atom is 0.314 e. The molecule has 0 aliphatic rings. The van der Waals surface area contributed by atoms with Gasteiger partial charge in [0.05, 0.1) is 6.04 Å². The van der Waals surface area contributed by atoms with Gasteiger partial charge in [0, 0.05) is 17.1 Å². The fourth-order valence-corrected chi connectivity index (χ4v) is 2.45. The largest absolute Gasteiger partial charge is 0.481 e. The van der Waals surface area contributed by atoms with Crippen molar-refractivity contribution >= 4 is 22.7 Å². The summed E-state index contributed by atoms with van der Waals surface area (Å²) in [6, 6.07) is 6.83. The number of hydrogen-bond acceptors (Lipinski definition) is 4. The lowest BCUT2D eigenvalue weighted by Crippen LogP contribution is -2.41. The number of carbonyl (C=O) groups is 2. The first-order chi connectivity index (χ1) is 10.0. The molecule has 0 aliphatic heterocycles. The first-order valence-electron chi connectivity index (χ1n) is 6.81. The standard InChI is InChI=1S/C15H19N3O3/c16-6-5-11(15(20)21)14(19)12(17)7-9-8-18-13-4-2-1-3-10(9)13/h1-4,8,11-12,18H,5-7,16-17H2,(H,20,21)/t11?,12-/m0/s1. The van der Waals surface area contributed by atoms with Crippen LogP contribution in [0.2, 0.25) is 0 Å². The van der Waals surface area contributed by atoms with E-state index < -0.39 is 23.7 Å². The highest BCUT2D eigenvalue weighted by atomic mass is 16.4. The number of rotatable bonds is 7. The summed E-state index contributed by atoms with van der Waals surface area (Å²) >= 11 is 0. The highest BCUT2D eigenvalue weighted by molar-refractivity contribution is 6.01. The quantitative estimate of drug-likeness (QED) is 0.558. The van der Waals surface area contributed by atoms with E-state index in [4.69, 9.17) is 16.6 Å². The summed E-state index contributed by atoms with van der Waals surface area (Å²) in [6.45, 7) is 0.141. The number of nitrogens with one attached hydrogen (secondary N) is 1. The summed E-state index contributed by atoms with van der Waals surface area (Å²) in [4.78, 5) is 26.4. The van der Waals surface area contributed by atoms with Gasteiger partial charge in [-0.15, -0.1) is 0 Å². The lowest BCUT2D eigenvalue weighted by atomic mass is 9.92. The topological polar surface area (TPSA) is 122 Å². The van der Waals surface area contributed by atoms with Crippen molar-refractivity contribution in [3.63, 3.8) is 0 Å². The van der Waals surface area contributed by atoms with Crippen molar-refractivity contribution in [1.29, 1.82) is 0 Å². The van der Waals surface area contributed by atoms with Gasteiger partial charge in [-0.3, -0.25) is 9.59 Å². The van der Waals surface area contributed by atoms with Crippen LogP contribution in [0.5, 0.6) is 0 Å². The predicted octanol–water partition coefficient (Wildman–Crippen LogP) is 0.656. The second kappa shape index (κ2) is 6.51. The Morgan fingerprint density at radius 3 is 2.67 bits per heavy atom. The number of carboxylic acids is 1. The van der Waals surface area contributed by atoms with E-state index in [2.05, 4.69) is 4.98 Å². The van der Waals surface area contributed by atoms with E-state index in [0.29, 0.717) is 6.42 Å². The Kier molecular flexibility index (Phi) is 4.72. The summed E-state index contributed by atoms with van der Waals surface area (Å²) in [5.74, 6) is -2.77. The number of aliphatic carboxylic acids is 1. The Balaban J connectivity index is 2.15. The molecule has 0 saturated heterocycles. The van der Waals surface area contributed by atoms with Crippen LogP contribution in [0.25, 0.3) is 10.9 Å². The number of hydrogen-bond donors (Lipinski definition) is 4. The van der Waals surface area contributed by atoms with Gasteiger partial charge in [0.1, 0.15) is 5.92 Å². The molecule has 0 amide bonds. The smallest absolute Gasteiger partial charge is 0.314 e. The van der Waals surface area contributed by atoms with Crippen LogP contribution in [0, 0.1) is 5.92 Å². The van der Waals surface area contributed by atoms with E-state index >= 15 is 0 Å². The lowest BCUT2D eigenvalue weighted by Gasteiger charge is -2.15. The molecule has 0 bridgehead atoms. The third-order valence-electron chi connectivity index (χ3n) is 3.58. The highest BCUT2D eigenvalue weighted by Crippen LogP contribution is 2.20. The molecule has 6 N–H and O–H groups in total. The van der Waals surface area contributed by atoms with Crippen LogP contribution in [-0.4, -0.2) is 34.4 Å². The van der Waals surface area contributed by atoms with Gasteiger partial charge < -0.3 is 21.6 Å². The zero-order valence-corrected chi connectivity index (χ0v) is 11.6. The molecule has 0 spiro atoms. The molecule has 1 heterocycles. The zero-order valence-electron chi connectivity index (χ0n) is 11.6. The van der Waals surface area contributed by atoms with Gasteiger partial charge in [-0.2, -0.15) is 0 Å². The van der Waals surface area contributed by atoms with E-state index in [9.17, 15) is 9.59 Å². The number of Topliss-reactive ketones (excluding diaryl/α,β-unsaturated/α-hetero) is 1. The number of fused-ring (bicyclic) bond motifs is 1. The third kappa shape index (κ3) is 3.29. The van der Waals surface area contributed by atoms with Crippen molar-refractivity contribution in [2.24, 2.45) is 17.4 Å². The van der Waals surface area contributed by atoms with E-state index in [-0.39, 0.29) is 13.0 Å². The van der Waals surface area contributed by atoms with Crippen molar-refractivity contribution in [2.75, 3.05) is 6.54 Å². The van der Waals surface area contributed by atoms with Gasteiger partial charge in [0.25, 0.3) is 0 Å². The van der Waals surface area contributed by atoms with Gasteiger partial charge in [-0.25, -0.2) is 0 Å². The Bertz CT molecular complexity index is 650.